The molecule has 2 aromatic rings. The van der Waals surface area contributed by atoms with Gasteiger partial charge in [0.1, 0.15) is 0 Å². The van der Waals surface area contributed by atoms with Gasteiger partial charge in [0, 0.05) is 24.8 Å². The molecule has 19 heavy (non-hydrogen) atoms. The highest BCUT2D eigenvalue weighted by molar-refractivity contribution is 5.49. The van der Waals surface area contributed by atoms with Crippen molar-refractivity contribution in [2.45, 2.75) is 18.9 Å². The van der Waals surface area contributed by atoms with Crippen molar-refractivity contribution in [3.63, 3.8) is 0 Å². The van der Waals surface area contributed by atoms with Crippen molar-refractivity contribution in [3.8, 4) is 0 Å². The van der Waals surface area contributed by atoms with Gasteiger partial charge >= 0.3 is 0 Å². The van der Waals surface area contributed by atoms with Crippen molar-refractivity contribution in [2.75, 3.05) is 18.0 Å². The van der Waals surface area contributed by atoms with Gasteiger partial charge in [-0.25, -0.2) is 0 Å². The summed E-state index contributed by atoms with van der Waals surface area (Å²) in [5, 5.41) is 0. The van der Waals surface area contributed by atoms with E-state index in [1.807, 2.05) is 0 Å². The molecule has 0 aliphatic heterocycles. The normalized spacial score (nSPS) is 14.4. The molecule has 2 N–H and O–H groups in total. The van der Waals surface area contributed by atoms with Crippen LogP contribution in [0.5, 0.6) is 0 Å². The Balaban J connectivity index is 1.84. The van der Waals surface area contributed by atoms with E-state index in [0.29, 0.717) is 12.6 Å². The van der Waals surface area contributed by atoms with Gasteiger partial charge in [-0.1, -0.05) is 42.5 Å². The first-order valence-electron chi connectivity index (χ1n) is 6.97. The Kier molecular flexibility index (Phi) is 3.51. The first kappa shape index (κ1) is 12.2. The number of rotatable bonds is 4. The molecule has 0 atom stereocenters. The fourth-order valence-corrected chi connectivity index (χ4v) is 3.04. The Morgan fingerprint density at radius 1 is 0.895 bits per heavy atom. The maximum absolute atomic E-state index is 5.80. The summed E-state index contributed by atoms with van der Waals surface area (Å²) in [6.45, 7) is 1.62. The summed E-state index contributed by atoms with van der Waals surface area (Å²) in [6, 6.07) is 19.9. The van der Waals surface area contributed by atoms with E-state index < -0.39 is 0 Å². The smallest absolute Gasteiger partial charge is 0.0371 e. The number of anilines is 1. The highest BCUT2D eigenvalue weighted by Crippen LogP contribution is 2.28. The standard InChI is InChI=1S/C17H20N2/c18-10-11-19(16-8-2-1-3-9-16)17-12-14-6-4-5-7-15(14)13-17/h1-9,17H,10-13,18H2. The average Bonchev–Trinajstić information content (AvgIpc) is 2.89. The SMILES string of the molecule is NCCN(c1ccccc1)C1Cc2ccccc2C1. The summed E-state index contributed by atoms with van der Waals surface area (Å²) in [7, 11) is 0. The molecule has 1 aliphatic carbocycles. The zero-order valence-corrected chi connectivity index (χ0v) is 11.1. The van der Waals surface area contributed by atoms with Crippen LogP contribution >= 0.6 is 0 Å². The van der Waals surface area contributed by atoms with E-state index in [9.17, 15) is 0 Å². The van der Waals surface area contributed by atoms with Crippen LogP contribution in [0.3, 0.4) is 0 Å². The van der Waals surface area contributed by atoms with Gasteiger partial charge in [0.25, 0.3) is 0 Å². The van der Waals surface area contributed by atoms with Crippen LogP contribution in [0.25, 0.3) is 0 Å². The third-order valence-electron chi connectivity index (χ3n) is 3.93. The number of hydrogen-bond acceptors (Lipinski definition) is 2. The van der Waals surface area contributed by atoms with E-state index in [-0.39, 0.29) is 0 Å². The average molecular weight is 252 g/mol. The van der Waals surface area contributed by atoms with Crippen LogP contribution in [-0.4, -0.2) is 19.1 Å². The molecule has 0 aromatic heterocycles. The monoisotopic (exact) mass is 252 g/mol. The van der Waals surface area contributed by atoms with E-state index in [1.165, 1.54) is 16.8 Å². The van der Waals surface area contributed by atoms with Gasteiger partial charge in [-0.15, -0.1) is 0 Å². The molecule has 3 rings (SSSR count). The predicted molar refractivity (Wildman–Crippen MR) is 80.5 cm³/mol. The molecule has 0 radical (unpaired) electrons. The number of para-hydroxylation sites is 1. The summed E-state index contributed by atoms with van der Waals surface area (Å²) >= 11 is 0. The number of benzene rings is 2. The van der Waals surface area contributed by atoms with Gasteiger partial charge in [0.05, 0.1) is 0 Å². The number of nitrogens with zero attached hydrogens (tertiary/aromatic N) is 1. The molecule has 2 nitrogen and oxygen atoms in total. The summed E-state index contributed by atoms with van der Waals surface area (Å²) in [6.07, 6.45) is 2.26. The van der Waals surface area contributed by atoms with Crippen LogP contribution in [0, 0.1) is 0 Å². The minimum absolute atomic E-state index is 0.545. The zero-order chi connectivity index (χ0) is 13.1. The Labute approximate surface area is 114 Å². The molecule has 0 bridgehead atoms. The van der Waals surface area contributed by atoms with Crippen molar-refractivity contribution in [2.24, 2.45) is 5.73 Å². The van der Waals surface area contributed by atoms with E-state index in [1.54, 1.807) is 0 Å². The second kappa shape index (κ2) is 5.45. The summed E-state index contributed by atoms with van der Waals surface area (Å²) in [4.78, 5) is 2.46. The quantitative estimate of drug-likeness (QED) is 0.906. The number of hydrogen-bond donors (Lipinski definition) is 1. The van der Waals surface area contributed by atoms with Crippen LogP contribution in [0.4, 0.5) is 5.69 Å². The van der Waals surface area contributed by atoms with Gasteiger partial charge in [0.2, 0.25) is 0 Å². The van der Waals surface area contributed by atoms with Gasteiger partial charge in [-0.3, -0.25) is 0 Å². The molecule has 0 amide bonds. The lowest BCUT2D eigenvalue weighted by atomic mass is 10.1. The fraction of sp³-hybridized carbons (Fsp3) is 0.294. The molecule has 0 saturated heterocycles. The van der Waals surface area contributed by atoms with E-state index in [4.69, 9.17) is 5.73 Å². The van der Waals surface area contributed by atoms with Gasteiger partial charge < -0.3 is 10.6 Å². The molecule has 0 fully saturated rings. The van der Waals surface area contributed by atoms with E-state index >= 15 is 0 Å². The van der Waals surface area contributed by atoms with Crippen LogP contribution in [0.15, 0.2) is 54.6 Å². The Morgan fingerprint density at radius 2 is 1.47 bits per heavy atom. The third-order valence-corrected chi connectivity index (χ3v) is 3.93. The lowest BCUT2D eigenvalue weighted by Gasteiger charge is -2.30. The topological polar surface area (TPSA) is 29.3 Å². The lowest BCUT2D eigenvalue weighted by molar-refractivity contribution is 0.619. The molecule has 0 unspecified atom stereocenters. The summed E-state index contributed by atoms with van der Waals surface area (Å²) < 4.78 is 0. The summed E-state index contributed by atoms with van der Waals surface area (Å²) in [5.41, 5.74) is 10.1. The van der Waals surface area contributed by atoms with E-state index in [0.717, 1.165) is 19.4 Å². The third kappa shape index (κ3) is 2.49. The summed E-state index contributed by atoms with van der Waals surface area (Å²) in [5.74, 6) is 0. The molecule has 0 spiro atoms. The van der Waals surface area contributed by atoms with Crippen LogP contribution < -0.4 is 10.6 Å². The predicted octanol–water partition coefficient (Wildman–Crippen LogP) is 2.62. The first-order valence-corrected chi connectivity index (χ1v) is 6.97. The largest absolute Gasteiger partial charge is 0.367 e. The van der Waals surface area contributed by atoms with Crippen LogP contribution in [0.1, 0.15) is 11.1 Å². The Hall–Kier alpha value is -1.80. The number of fused-ring (bicyclic) bond motifs is 1. The molecule has 2 aromatic carbocycles. The molecule has 2 heteroatoms. The Morgan fingerprint density at radius 3 is 2.05 bits per heavy atom. The van der Waals surface area contributed by atoms with Crippen molar-refractivity contribution in [3.05, 3.63) is 65.7 Å². The lowest BCUT2D eigenvalue weighted by Crippen LogP contribution is -2.39. The zero-order valence-electron chi connectivity index (χ0n) is 11.1. The number of nitrogens with two attached hydrogens (primary N) is 1. The highest BCUT2D eigenvalue weighted by atomic mass is 15.2. The van der Waals surface area contributed by atoms with Gasteiger partial charge in [-0.2, -0.15) is 0 Å². The van der Waals surface area contributed by atoms with Gasteiger partial charge in [-0.05, 0) is 36.1 Å². The van der Waals surface area contributed by atoms with E-state index in [2.05, 4.69) is 59.5 Å². The maximum atomic E-state index is 5.80. The second-order valence-electron chi connectivity index (χ2n) is 5.15. The van der Waals surface area contributed by atoms with Crippen molar-refractivity contribution in [1.29, 1.82) is 0 Å². The van der Waals surface area contributed by atoms with Crippen molar-refractivity contribution >= 4 is 5.69 Å². The minimum atomic E-state index is 0.545. The molecule has 98 valence electrons. The van der Waals surface area contributed by atoms with Crippen molar-refractivity contribution in [1.82, 2.24) is 0 Å². The molecule has 0 saturated carbocycles. The fourth-order valence-electron chi connectivity index (χ4n) is 3.04. The first-order chi connectivity index (χ1) is 9.38. The van der Waals surface area contributed by atoms with Crippen LogP contribution in [0.2, 0.25) is 0 Å². The van der Waals surface area contributed by atoms with Crippen LogP contribution in [-0.2, 0) is 12.8 Å². The maximum Gasteiger partial charge on any atom is 0.0371 e. The second-order valence-corrected chi connectivity index (χ2v) is 5.15. The molecular formula is C17H20N2. The molecular weight excluding hydrogens is 232 g/mol. The van der Waals surface area contributed by atoms with Crippen molar-refractivity contribution < 1.29 is 0 Å². The highest BCUT2D eigenvalue weighted by Gasteiger charge is 2.26. The van der Waals surface area contributed by atoms with Gasteiger partial charge in [0.15, 0.2) is 0 Å². The molecule has 0 heterocycles. The molecule has 1 aliphatic rings. The minimum Gasteiger partial charge on any atom is -0.367 e. The Bertz CT molecular complexity index is 511.